The van der Waals surface area contributed by atoms with Gasteiger partial charge in [0.1, 0.15) is 0 Å². The Kier molecular flexibility index (Phi) is 6.45. The van der Waals surface area contributed by atoms with Gasteiger partial charge in [0.15, 0.2) is 11.5 Å². The smallest absolute Gasteiger partial charge is 0.305 e. The van der Waals surface area contributed by atoms with Crippen molar-refractivity contribution in [2.75, 3.05) is 27.9 Å². The van der Waals surface area contributed by atoms with Crippen LogP contribution in [0.5, 0.6) is 11.5 Å². The lowest BCUT2D eigenvalue weighted by molar-refractivity contribution is -0.483. The van der Waals surface area contributed by atoms with E-state index in [1.807, 2.05) is 0 Å². The van der Waals surface area contributed by atoms with Crippen LogP contribution in [0.4, 0.5) is 0 Å². The number of rotatable bonds is 8. The zero-order chi connectivity index (χ0) is 15.8. The lowest BCUT2D eigenvalue weighted by Gasteiger charge is -2.15. The third kappa shape index (κ3) is 4.94. The van der Waals surface area contributed by atoms with Gasteiger partial charge < -0.3 is 14.2 Å². The minimum Gasteiger partial charge on any atom is -0.493 e. The third-order valence-corrected chi connectivity index (χ3v) is 3.17. The SMILES string of the molecule is COC(=O)CCC(C[N+](=O)[O-])c1ccc(OC)c(OC)c1. The molecule has 0 aromatic heterocycles. The third-order valence-electron chi connectivity index (χ3n) is 3.17. The zero-order valence-electron chi connectivity index (χ0n) is 12.3. The summed E-state index contributed by atoms with van der Waals surface area (Å²) in [5.74, 6) is 0.276. The standard InChI is InChI=1S/C14H19NO6/c1-19-12-6-4-10(8-13(12)20-2)11(9-15(17)18)5-7-14(16)21-3/h4,6,8,11H,5,7,9H2,1-3H3. The van der Waals surface area contributed by atoms with Crippen LogP contribution < -0.4 is 9.47 Å². The molecule has 0 spiro atoms. The fraction of sp³-hybridized carbons (Fsp3) is 0.500. The highest BCUT2D eigenvalue weighted by Crippen LogP contribution is 2.32. The van der Waals surface area contributed by atoms with Crippen LogP contribution in [0.2, 0.25) is 0 Å². The van der Waals surface area contributed by atoms with Crippen molar-refractivity contribution < 1.29 is 23.9 Å². The van der Waals surface area contributed by atoms with Crippen molar-refractivity contribution in [1.82, 2.24) is 0 Å². The van der Waals surface area contributed by atoms with Gasteiger partial charge in [-0.1, -0.05) is 6.07 Å². The maximum Gasteiger partial charge on any atom is 0.305 e. The number of hydrogen-bond donors (Lipinski definition) is 0. The molecule has 0 heterocycles. The number of hydrogen-bond acceptors (Lipinski definition) is 6. The fourth-order valence-corrected chi connectivity index (χ4v) is 2.04. The van der Waals surface area contributed by atoms with E-state index < -0.39 is 4.92 Å². The predicted molar refractivity (Wildman–Crippen MR) is 75.4 cm³/mol. The molecule has 1 aromatic rings. The maximum absolute atomic E-state index is 11.2. The summed E-state index contributed by atoms with van der Waals surface area (Å²) in [7, 11) is 4.31. The topological polar surface area (TPSA) is 87.9 Å². The van der Waals surface area contributed by atoms with Crippen molar-refractivity contribution >= 4 is 5.97 Å². The molecule has 0 saturated heterocycles. The van der Waals surface area contributed by atoms with E-state index in [-0.39, 0.29) is 24.9 Å². The normalized spacial score (nSPS) is 11.6. The largest absolute Gasteiger partial charge is 0.493 e. The van der Waals surface area contributed by atoms with Crippen molar-refractivity contribution in [3.8, 4) is 11.5 Å². The van der Waals surface area contributed by atoms with E-state index in [4.69, 9.17) is 9.47 Å². The van der Waals surface area contributed by atoms with Gasteiger partial charge in [0, 0.05) is 17.3 Å². The molecule has 1 atom stereocenters. The lowest BCUT2D eigenvalue weighted by atomic mass is 9.94. The number of carbonyl (C=O) groups excluding carboxylic acids is 1. The minimum atomic E-state index is -0.390. The molecule has 1 aromatic carbocycles. The van der Waals surface area contributed by atoms with Crippen molar-refractivity contribution in [2.45, 2.75) is 18.8 Å². The van der Waals surface area contributed by atoms with Crippen molar-refractivity contribution in [3.05, 3.63) is 33.9 Å². The Labute approximate surface area is 123 Å². The molecule has 0 bridgehead atoms. The van der Waals surface area contributed by atoms with E-state index in [1.54, 1.807) is 18.2 Å². The van der Waals surface area contributed by atoms with Gasteiger partial charge >= 0.3 is 5.97 Å². The van der Waals surface area contributed by atoms with Crippen LogP contribution in [0, 0.1) is 10.1 Å². The Morgan fingerprint density at radius 3 is 2.43 bits per heavy atom. The Hall–Kier alpha value is -2.31. The molecule has 116 valence electrons. The van der Waals surface area contributed by atoms with Gasteiger partial charge in [-0.2, -0.15) is 0 Å². The molecular formula is C14H19NO6. The Morgan fingerprint density at radius 2 is 1.90 bits per heavy atom. The number of carbonyl (C=O) groups is 1. The van der Waals surface area contributed by atoms with Crippen LogP contribution in [0.15, 0.2) is 18.2 Å². The van der Waals surface area contributed by atoms with E-state index in [0.717, 1.165) is 5.56 Å². The maximum atomic E-state index is 11.2. The molecule has 0 aliphatic carbocycles. The van der Waals surface area contributed by atoms with Gasteiger partial charge in [-0.15, -0.1) is 0 Å². The quantitative estimate of drug-likeness (QED) is 0.414. The lowest BCUT2D eigenvalue weighted by Crippen LogP contribution is -2.15. The summed E-state index contributed by atoms with van der Waals surface area (Å²) in [5, 5.41) is 10.8. The van der Waals surface area contributed by atoms with Crippen LogP contribution in [-0.4, -0.2) is 38.8 Å². The highest BCUT2D eigenvalue weighted by molar-refractivity contribution is 5.69. The number of nitro groups is 1. The second-order valence-corrected chi connectivity index (χ2v) is 4.44. The van der Waals surface area contributed by atoms with Crippen LogP contribution in [0.3, 0.4) is 0 Å². The molecule has 0 aliphatic rings. The number of ether oxygens (including phenoxy) is 3. The van der Waals surface area contributed by atoms with Gasteiger partial charge in [-0.25, -0.2) is 0 Å². The summed E-state index contributed by atoms with van der Waals surface area (Å²) in [6.45, 7) is -0.257. The molecule has 7 heteroatoms. The second-order valence-electron chi connectivity index (χ2n) is 4.44. The van der Waals surface area contributed by atoms with Gasteiger partial charge in [0.05, 0.1) is 21.3 Å². The molecule has 0 fully saturated rings. The van der Waals surface area contributed by atoms with E-state index in [9.17, 15) is 14.9 Å². The average molecular weight is 297 g/mol. The zero-order valence-corrected chi connectivity index (χ0v) is 12.3. The summed E-state index contributed by atoms with van der Waals surface area (Å²) in [6.07, 6.45) is 0.465. The highest BCUT2D eigenvalue weighted by atomic mass is 16.6. The first-order valence-corrected chi connectivity index (χ1v) is 6.42. The molecule has 1 unspecified atom stereocenters. The summed E-state index contributed by atoms with van der Waals surface area (Å²) in [4.78, 5) is 21.6. The summed E-state index contributed by atoms with van der Waals surface area (Å²) >= 11 is 0. The van der Waals surface area contributed by atoms with Crippen LogP contribution in [0.1, 0.15) is 24.3 Å². The summed E-state index contributed by atoms with van der Waals surface area (Å²) < 4.78 is 14.9. The first kappa shape index (κ1) is 16.7. The summed E-state index contributed by atoms with van der Waals surface area (Å²) in [5.41, 5.74) is 0.730. The molecule has 0 aliphatic heterocycles. The number of nitrogens with zero attached hydrogens (tertiary/aromatic N) is 1. The van der Waals surface area contributed by atoms with E-state index >= 15 is 0 Å². The first-order chi connectivity index (χ1) is 10.0. The number of benzene rings is 1. The first-order valence-electron chi connectivity index (χ1n) is 6.42. The molecule has 1 rings (SSSR count). The minimum absolute atomic E-state index is 0.128. The van der Waals surface area contributed by atoms with Crippen LogP contribution in [-0.2, 0) is 9.53 Å². The fourth-order valence-electron chi connectivity index (χ4n) is 2.04. The molecule has 0 saturated carbocycles. The van der Waals surface area contributed by atoms with E-state index in [0.29, 0.717) is 17.9 Å². The van der Waals surface area contributed by atoms with Crippen LogP contribution in [0.25, 0.3) is 0 Å². The Morgan fingerprint density at radius 1 is 1.24 bits per heavy atom. The van der Waals surface area contributed by atoms with Gasteiger partial charge in [-0.3, -0.25) is 14.9 Å². The number of esters is 1. The molecule has 21 heavy (non-hydrogen) atoms. The molecule has 7 nitrogen and oxygen atoms in total. The number of methoxy groups -OCH3 is 3. The summed E-state index contributed by atoms with van der Waals surface area (Å²) in [6, 6.07) is 5.14. The molecule has 0 amide bonds. The van der Waals surface area contributed by atoms with E-state index in [2.05, 4.69) is 4.74 Å². The van der Waals surface area contributed by atoms with Crippen molar-refractivity contribution in [2.24, 2.45) is 0 Å². The van der Waals surface area contributed by atoms with Crippen molar-refractivity contribution in [1.29, 1.82) is 0 Å². The van der Waals surface area contributed by atoms with Gasteiger partial charge in [0.25, 0.3) is 0 Å². The average Bonchev–Trinajstić information content (AvgIpc) is 2.49. The van der Waals surface area contributed by atoms with Crippen LogP contribution >= 0.6 is 0 Å². The monoisotopic (exact) mass is 297 g/mol. The van der Waals surface area contributed by atoms with Gasteiger partial charge in [0.2, 0.25) is 6.54 Å². The van der Waals surface area contributed by atoms with E-state index in [1.165, 1.54) is 21.3 Å². The van der Waals surface area contributed by atoms with Gasteiger partial charge in [-0.05, 0) is 24.1 Å². The van der Waals surface area contributed by atoms with Crippen molar-refractivity contribution in [3.63, 3.8) is 0 Å². The Bertz CT molecular complexity index is 502. The molecular weight excluding hydrogens is 278 g/mol. The second kappa shape index (κ2) is 8.08. The Balaban J connectivity index is 2.96. The highest BCUT2D eigenvalue weighted by Gasteiger charge is 2.21. The predicted octanol–water partition coefficient (Wildman–Crippen LogP) is 2.02. The molecule has 0 N–H and O–H groups in total. The molecule has 0 radical (unpaired) electrons.